The Balaban J connectivity index is 1.41. The highest BCUT2D eigenvalue weighted by molar-refractivity contribution is 7.22. The number of aromatic nitrogens is 1. The highest BCUT2D eigenvalue weighted by Crippen LogP contribution is 2.25. The monoisotopic (exact) mass is 396 g/mol. The van der Waals surface area contributed by atoms with Gasteiger partial charge >= 0.3 is 0 Å². The van der Waals surface area contributed by atoms with Crippen molar-refractivity contribution >= 4 is 38.5 Å². The average Bonchev–Trinajstić information content (AvgIpc) is 3.12. The van der Waals surface area contributed by atoms with Crippen LogP contribution in [-0.4, -0.2) is 59.9 Å². The molecular formula is C20H20N4O3S. The van der Waals surface area contributed by atoms with Gasteiger partial charge in [0.25, 0.3) is 11.8 Å². The molecule has 3 aromatic rings. The summed E-state index contributed by atoms with van der Waals surface area (Å²) in [5, 5.41) is 0.491. The summed E-state index contributed by atoms with van der Waals surface area (Å²) in [6.07, 6.45) is 0. The fraction of sp³-hybridized carbons (Fsp3) is 0.250. The lowest BCUT2D eigenvalue weighted by molar-refractivity contribution is 0.0535. The molecule has 0 saturated carbocycles. The SMILES string of the molecule is COc1ccc(C(=O)N2CCN(C(=O)c3ccc4sc(N)nc4c3)CC2)cc1. The van der Waals surface area contributed by atoms with E-state index in [0.29, 0.717) is 48.2 Å². The van der Waals surface area contributed by atoms with Gasteiger partial charge in [0.05, 0.1) is 17.3 Å². The molecule has 0 aliphatic carbocycles. The van der Waals surface area contributed by atoms with Crippen LogP contribution in [0, 0.1) is 0 Å². The van der Waals surface area contributed by atoms with Crippen LogP contribution in [0.4, 0.5) is 5.13 Å². The number of hydrogen-bond acceptors (Lipinski definition) is 6. The molecule has 4 rings (SSSR count). The predicted molar refractivity (Wildman–Crippen MR) is 109 cm³/mol. The van der Waals surface area contributed by atoms with Gasteiger partial charge in [-0.1, -0.05) is 11.3 Å². The van der Waals surface area contributed by atoms with Gasteiger partial charge in [0, 0.05) is 37.3 Å². The number of methoxy groups -OCH3 is 1. The number of thiazole rings is 1. The van der Waals surface area contributed by atoms with Crippen molar-refractivity contribution in [3.63, 3.8) is 0 Å². The van der Waals surface area contributed by atoms with Crippen LogP contribution in [0.3, 0.4) is 0 Å². The zero-order valence-electron chi connectivity index (χ0n) is 15.4. The quantitative estimate of drug-likeness (QED) is 0.735. The van der Waals surface area contributed by atoms with E-state index in [1.807, 2.05) is 6.07 Å². The second kappa shape index (κ2) is 7.47. The van der Waals surface area contributed by atoms with Crippen molar-refractivity contribution in [2.24, 2.45) is 0 Å². The third-order valence-electron chi connectivity index (χ3n) is 4.84. The van der Waals surface area contributed by atoms with Crippen molar-refractivity contribution in [1.82, 2.24) is 14.8 Å². The van der Waals surface area contributed by atoms with E-state index in [1.54, 1.807) is 53.3 Å². The number of nitrogens with zero attached hydrogens (tertiary/aromatic N) is 3. The van der Waals surface area contributed by atoms with Gasteiger partial charge in [0.2, 0.25) is 0 Å². The topological polar surface area (TPSA) is 88.8 Å². The second-order valence-corrected chi connectivity index (χ2v) is 7.61. The number of nitrogen functional groups attached to an aromatic ring is 1. The summed E-state index contributed by atoms with van der Waals surface area (Å²) in [5.74, 6) is 0.630. The molecule has 2 heterocycles. The number of amides is 2. The van der Waals surface area contributed by atoms with E-state index in [-0.39, 0.29) is 11.8 Å². The fourth-order valence-corrected chi connectivity index (χ4v) is 4.00. The number of rotatable bonds is 3. The van der Waals surface area contributed by atoms with Gasteiger partial charge in [-0.25, -0.2) is 4.98 Å². The van der Waals surface area contributed by atoms with Gasteiger partial charge < -0.3 is 20.3 Å². The van der Waals surface area contributed by atoms with Crippen molar-refractivity contribution in [2.45, 2.75) is 0 Å². The van der Waals surface area contributed by atoms with Crippen molar-refractivity contribution < 1.29 is 14.3 Å². The average molecular weight is 396 g/mol. The zero-order valence-corrected chi connectivity index (χ0v) is 16.2. The second-order valence-electron chi connectivity index (χ2n) is 6.55. The van der Waals surface area contributed by atoms with E-state index in [4.69, 9.17) is 10.5 Å². The van der Waals surface area contributed by atoms with Crippen LogP contribution in [0.5, 0.6) is 5.75 Å². The predicted octanol–water partition coefficient (Wildman–Crippen LogP) is 2.49. The minimum absolute atomic E-state index is 0.0332. The van der Waals surface area contributed by atoms with Gasteiger partial charge in [-0.3, -0.25) is 9.59 Å². The molecule has 2 amide bonds. The van der Waals surface area contributed by atoms with Crippen LogP contribution < -0.4 is 10.5 Å². The fourth-order valence-electron chi connectivity index (χ4n) is 3.29. The van der Waals surface area contributed by atoms with Crippen LogP contribution >= 0.6 is 11.3 Å². The molecule has 1 aliphatic heterocycles. The molecule has 0 atom stereocenters. The van der Waals surface area contributed by atoms with E-state index in [0.717, 1.165) is 10.2 Å². The lowest BCUT2D eigenvalue weighted by Gasteiger charge is -2.35. The standard InChI is InChI=1S/C20H20N4O3S/c1-27-15-5-2-13(3-6-15)18(25)23-8-10-24(11-9-23)19(26)14-4-7-17-16(12-14)22-20(21)28-17/h2-7,12H,8-11H2,1H3,(H2,21,22). The summed E-state index contributed by atoms with van der Waals surface area (Å²) in [6.45, 7) is 2.00. The zero-order chi connectivity index (χ0) is 19.7. The van der Waals surface area contributed by atoms with Gasteiger partial charge in [0.15, 0.2) is 5.13 Å². The number of nitrogens with two attached hydrogens (primary N) is 1. The van der Waals surface area contributed by atoms with E-state index < -0.39 is 0 Å². The molecular weight excluding hydrogens is 376 g/mol. The summed E-state index contributed by atoms with van der Waals surface area (Å²) in [6, 6.07) is 12.5. The summed E-state index contributed by atoms with van der Waals surface area (Å²) in [5.41, 5.74) is 7.68. The number of carbonyl (C=O) groups excluding carboxylic acids is 2. The molecule has 1 saturated heterocycles. The minimum Gasteiger partial charge on any atom is -0.497 e. The van der Waals surface area contributed by atoms with E-state index >= 15 is 0 Å². The molecule has 0 spiro atoms. The number of piperazine rings is 1. The Morgan fingerprint density at radius 1 is 0.964 bits per heavy atom. The first-order valence-corrected chi connectivity index (χ1v) is 9.75. The maximum absolute atomic E-state index is 12.8. The molecule has 1 fully saturated rings. The van der Waals surface area contributed by atoms with E-state index in [9.17, 15) is 9.59 Å². The molecule has 28 heavy (non-hydrogen) atoms. The first kappa shape index (κ1) is 18.2. The number of hydrogen-bond donors (Lipinski definition) is 1. The Kier molecular flexibility index (Phi) is 4.87. The maximum Gasteiger partial charge on any atom is 0.254 e. The van der Waals surface area contributed by atoms with Crippen LogP contribution in [0.2, 0.25) is 0 Å². The van der Waals surface area contributed by atoms with Crippen LogP contribution in [0.15, 0.2) is 42.5 Å². The van der Waals surface area contributed by atoms with Crippen LogP contribution in [0.25, 0.3) is 10.2 Å². The Morgan fingerprint density at radius 2 is 1.54 bits per heavy atom. The number of carbonyl (C=O) groups is 2. The third-order valence-corrected chi connectivity index (χ3v) is 5.71. The first-order chi connectivity index (χ1) is 13.5. The van der Waals surface area contributed by atoms with Gasteiger partial charge in [-0.05, 0) is 42.5 Å². The first-order valence-electron chi connectivity index (χ1n) is 8.94. The van der Waals surface area contributed by atoms with Crippen molar-refractivity contribution in [1.29, 1.82) is 0 Å². The number of ether oxygens (including phenoxy) is 1. The third kappa shape index (κ3) is 3.50. The number of anilines is 1. The number of fused-ring (bicyclic) bond motifs is 1. The molecule has 144 valence electrons. The maximum atomic E-state index is 12.8. The Labute approximate surface area is 166 Å². The summed E-state index contributed by atoms with van der Waals surface area (Å²) in [4.78, 5) is 33.3. The molecule has 7 nitrogen and oxygen atoms in total. The van der Waals surface area contributed by atoms with E-state index in [2.05, 4.69) is 4.98 Å². The molecule has 0 radical (unpaired) electrons. The lowest BCUT2D eigenvalue weighted by Crippen LogP contribution is -2.50. The normalized spacial score (nSPS) is 14.3. The van der Waals surface area contributed by atoms with Crippen molar-refractivity contribution in [3.05, 3.63) is 53.6 Å². The van der Waals surface area contributed by atoms with Gasteiger partial charge in [-0.2, -0.15) is 0 Å². The molecule has 0 unspecified atom stereocenters. The van der Waals surface area contributed by atoms with Crippen molar-refractivity contribution in [2.75, 3.05) is 39.0 Å². The highest BCUT2D eigenvalue weighted by atomic mass is 32.1. The Bertz CT molecular complexity index is 1020. The molecule has 0 bridgehead atoms. The number of benzene rings is 2. The van der Waals surface area contributed by atoms with Crippen LogP contribution in [-0.2, 0) is 0 Å². The van der Waals surface area contributed by atoms with Gasteiger partial charge in [0.1, 0.15) is 5.75 Å². The van der Waals surface area contributed by atoms with Gasteiger partial charge in [-0.15, -0.1) is 0 Å². The Hall–Kier alpha value is -3.13. The summed E-state index contributed by atoms with van der Waals surface area (Å²) < 4.78 is 6.09. The largest absolute Gasteiger partial charge is 0.497 e. The van der Waals surface area contributed by atoms with Crippen LogP contribution in [0.1, 0.15) is 20.7 Å². The summed E-state index contributed by atoms with van der Waals surface area (Å²) >= 11 is 1.40. The van der Waals surface area contributed by atoms with E-state index in [1.165, 1.54) is 11.3 Å². The molecule has 1 aliphatic rings. The Morgan fingerprint density at radius 3 is 2.14 bits per heavy atom. The lowest BCUT2D eigenvalue weighted by atomic mass is 10.1. The van der Waals surface area contributed by atoms with Crippen molar-refractivity contribution in [3.8, 4) is 5.75 Å². The smallest absolute Gasteiger partial charge is 0.254 e. The molecule has 2 aromatic carbocycles. The minimum atomic E-state index is -0.0509. The molecule has 8 heteroatoms. The summed E-state index contributed by atoms with van der Waals surface area (Å²) in [7, 11) is 1.59. The molecule has 1 aromatic heterocycles. The molecule has 2 N–H and O–H groups in total. The highest BCUT2D eigenvalue weighted by Gasteiger charge is 2.25.